The summed E-state index contributed by atoms with van der Waals surface area (Å²) in [6, 6.07) is 59.7. The van der Waals surface area contributed by atoms with Crippen molar-refractivity contribution in [2.45, 2.75) is 105 Å². The van der Waals surface area contributed by atoms with Gasteiger partial charge in [0.25, 0.3) is 0 Å². The third kappa shape index (κ3) is 8.80. The van der Waals surface area contributed by atoms with E-state index in [1.807, 2.05) is 0 Å². The van der Waals surface area contributed by atoms with Gasteiger partial charge in [-0.15, -0.1) is 0 Å². The minimum Gasteiger partial charge on any atom is -0.457 e. The van der Waals surface area contributed by atoms with Crippen molar-refractivity contribution in [3.8, 4) is 39.6 Å². The molecule has 0 spiro atoms. The lowest BCUT2D eigenvalue weighted by Crippen LogP contribution is -2.25. The fourth-order valence-electron chi connectivity index (χ4n) is 9.83. The number of pyridine rings is 1. The molecule has 0 unspecified atom stereocenters. The Morgan fingerprint density at radius 2 is 1.03 bits per heavy atom. The highest BCUT2D eigenvalue weighted by Gasteiger charge is 2.31. The van der Waals surface area contributed by atoms with Crippen LogP contribution in [-0.4, -0.2) is 16.2 Å². The molecular weight excluding hydrogens is 841 g/mol. The van der Waals surface area contributed by atoms with Crippen LogP contribution in [0.25, 0.3) is 49.9 Å². The first-order valence-electron chi connectivity index (χ1n) is 24.5. The predicted molar refractivity (Wildman–Crippen MR) is 293 cm³/mol. The Labute approximate surface area is 410 Å². The number of anilines is 4. The Balaban J connectivity index is 1.05. The van der Waals surface area contributed by atoms with E-state index in [0.717, 1.165) is 45.0 Å². The zero-order chi connectivity index (χ0) is 48.6. The molecule has 10 rings (SSSR count). The normalized spacial score (nSPS) is 13.4. The van der Waals surface area contributed by atoms with Crippen molar-refractivity contribution >= 4 is 44.6 Å². The molecule has 0 bridgehead atoms. The van der Waals surface area contributed by atoms with E-state index in [2.05, 4.69) is 267 Å². The number of ether oxygens (including phenoxy) is 1. The lowest BCUT2D eigenvalue weighted by atomic mass is 9.80. The molecule has 1 aliphatic rings. The molecule has 0 atom stereocenters. The summed E-state index contributed by atoms with van der Waals surface area (Å²) in [6.07, 6.45) is 2.08. The summed E-state index contributed by atoms with van der Waals surface area (Å²) in [5, 5.41) is 2.31. The van der Waals surface area contributed by atoms with Crippen molar-refractivity contribution < 1.29 is 4.74 Å². The number of rotatable bonds is 7. The molecular formula is C64H66N4O. The predicted octanol–water partition coefficient (Wildman–Crippen LogP) is 17.7. The van der Waals surface area contributed by atoms with Crippen molar-refractivity contribution in [2.24, 2.45) is 0 Å². The molecule has 1 aliphatic heterocycles. The smallest absolute Gasteiger partial charge is 0.137 e. The topological polar surface area (TPSA) is 33.5 Å². The van der Waals surface area contributed by atoms with Crippen molar-refractivity contribution in [1.82, 2.24) is 9.55 Å². The average Bonchev–Trinajstić information content (AvgIpc) is 3.86. The maximum Gasteiger partial charge on any atom is 0.137 e. The lowest BCUT2D eigenvalue weighted by Gasteiger charge is -2.29. The Bertz CT molecular complexity index is 3340. The summed E-state index contributed by atoms with van der Waals surface area (Å²) in [7, 11) is 0. The second kappa shape index (κ2) is 16.8. The number of hydrogen-bond acceptors (Lipinski definition) is 4. The largest absolute Gasteiger partial charge is 0.457 e. The number of hydrogen-bond donors (Lipinski definition) is 0. The first kappa shape index (κ1) is 45.7. The summed E-state index contributed by atoms with van der Waals surface area (Å²) in [5.41, 5.74) is 16.7. The Morgan fingerprint density at radius 1 is 0.420 bits per heavy atom. The monoisotopic (exact) mass is 907 g/mol. The van der Waals surface area contributed by atoms with E-state index in [-0.39, 0.29) is 21.7 Å². The van der Waals surface area contributed by atoms with Gasteiger partial charge in [-0.3, -0.25) is 4.57 Å². The third-order valence-corrected chi connectivity index (χ3v) is 13.9. The molecule has 2 aromatic heterocycles. The SMILES string of the molecule is CC(C)(C)c1ccc(-c2cnc(-n3c4ccc(-c5ccccc5)cc4c4ccc(Oc5cccc(N6CN(c7cc(C(C)(C)C)cc(C(C)(C)C)c7)c7ccccc76)c5)cc43)cc2C(C)(C)C)cc1. The number of para-hydroxylation sites is 2. The summed E-state index contributed by atoms with van der Waals surface area (Å²) in [4.78, 5) is 10.1. The van der Waals surface area contributed by atoms with Crippen LogP contribution in [0.4, 0.5) is 22.7 Å². The van der Waals surface area contributed by atoms with Gasteiger partial charge in [0.15, 0.2) is 0 Å². The Morgan fingerprint density at radius 3 is 1.67 bits per heavy atom. The van der Waals surface area contributed by atoms with Crippen LogP contribution in [-0.2, 0) is 21.7 Å². The molecule has 5 nitrogen and oxygen atoms in total. The maximum atomic E-state index is 6.89. The summed E-state index contributed by atoms with van der Waals surface area (Å²) in [5.74, 6) is 2.41. The molecule has 5 heteroatoms. The number of aromatic nitrogens is 2. The van der Waals surface area contributed by atoms with Gasteiger partial charge in [-0.1, -0.05) is 168 Å². The molecule has 69 heavy (non-hydrogen) atoms. The molecule has 0 amide bonds. The molecule has 7 aromatic carbocycles. The molecule has 0 N–H and O–H groups in total. The molecule has 0 saturated heterocycles. The fraction of sp³-hybridized carbons (Fsp3) is 0.266. The van der Waals surface area contributed by atoms with Crippen LogP contribution >= 0.6 is 0 Å². The van der Waals surface area contributed by atoms with E-state index in [9.17, 15) is 0 Å². The van der Waals surface area contributed by atoms with Crippen LogP contribution in [0.2, 0.25) is 0 Å². The highest BCUT2D eigenvalue weighted by molar-refractivity contribution is 6.10. The molecule has 0 radical (unpaired) electrons. The minimum absolute atomic E-state index is 0.0129. The van der Waals surface area contributed by atoms with E-state index in [4.69, 9.17) is 9.72 Å². The summed E-state index contributed by atoms with van der Waals surface area (Å²) < 4.78 is 9.21. The van der Waals surface area contributed by atoms with Crippen LogP contribution in [0.3, 0.4) is 0 Å². The zero-order valence-electron chi connectivity index (χ0n) is 42.6. The maximum absolute atomic E-state index is 6.89. The van der Waals surface area contributed by atoms with Crippen molar-refractivity contribution in [3.05, 3.63) is 192 Å². The molecule has 348 valence electrons. The van der Waals surface area contributed by atoms with Gasteiger partial charge in [-0.2, -0.15) is 0 Å². The fourth-order valence-corrected chi connectivity index (χ4v) is 9.83. The average molecular weight is 907 g/mol. The highest BCUT2D eigenvalue weighted by Crippen LogP contribution is 2.47. The quantitative estimate of drug-likeness (QED) is 0.160. The molecule has 9 aromatic rings. The zero-order valence-corrected chi connectivity index (χ0v) is 42.6. The van der Waals surface area contributed by atoms with E-state index < -0.39 is 0 Å². The lowest BCUT2D eigenvalue weighted by molar-refractivity contribution is 0.483. The van der Waals surface area contributed by atoms with Gasteiger partial charge in [-0.25, -0.2) is 4.98 Å². The second-order valence-corrected chi connectivity index (χ2v) is 23.1. The van der Waals surface area contributed by atoms with Gasteiger partial charge in [-0.05, 0) is 127 Å². The van der Waals surface area contributed by atoms with Gasteiger partial charge in [0.1, 0.15) is 24.0 Å². The third-order valence-electron chi connectivity index (χ3n) is 13.9. The second-order valence-electron chi connectivity index (χ2n) is 23.1. The van der Waals surface area contributed by atoms with Gasteiger partial charge in [0, 0.05) is 46.0 Å². The first-order valence-corrected chi connectivity index (χ1v) is 24.5. The minimum atomic E-state index is -0.146. The van der Waals surface area contributed by atoms with Crippen molar-refractivity contribution in [3.63, 3.8) is 0 Å². The molecule has 3 heterocycles. The van der Waals surface area contributed by atoms with Crippen molar-refractivity contribution in [1.29, 1.82) is 0 Å². The van der Waals surface area contributed by atoms with E-state index in [1.54, 1.807) is 0 Å². The van der Waals surface area contributed by atoms with Gasteiger partial charge in [0.2, 0.25) is 0 Å². The molecule has 0 aliphatic carbocycles. The number of benzene rings is 7. The van der Waals surface area contributed by atoms with Crippen LogP contribution < -0.4 is 14.5 Å². The summed E-state index contributed by atoms with van der Waals surface area (Å²) >= 11 is 0. The molecule has 0 fully saturated rings. The number of fused-ring (bicyclic) bond motifs is 4. The molecule has 0 saturated carbocycles. The van der Waals surface area contributed by atoms with E-state index in [0.29, 0.717) is 6.67 Å². The van der Waals surface area contributed by atoms with Crippen molar-refractivity contribution in [2.75, 3.05) is 16.5 Å². The van der Waals surface area contributed by atoms with Gasteiger partial charge >= 0.3 is 0 Å². The standard InChI is InChI=1S/C64H66N4O/c1-61(2,3)45-28-25-43(26-29-45)54-40-65-60(39-55(54)64(10,11)12)68-56-32-27-44(42-19-14-13-15-20-42)33-53(56)52-31-30-51(38-59(52)68)69-50-22-18-21-48(37-50)66-41-67(58-24-17-16-23-57(58)66)49-35-46(62(4,5)6)34-47(36-49)63(7,8)9/h13-40H,41H2,1-12H3. The Kier molecular flexibility index (Phi) is 11.1. The summed E-state index contributed by atoms with van der Waals surface area (Å²) in [6.45, 7) is 28.2. The van der Waals surface area contributed by atoms with Gasteiger partial charge < -0.3 is 14.5 Å². The van der Waals surface area contributed by atoms with Gasteiger partial charge in [0.05, 0.1) is 22.4 Å². The van der Waals surface area contributed by atoms with Crippen LogP contribution in [0, 0.1) is 0 Å². The van der Waals surface area contributed by atoms with E-state index >= 15 is 0 Å². The van der Waals surface area contributed by atoms with Crippen LogP contribution in [0.5, 0.6) is 11.5 Å². The first-order chi connectivity index (χ1) is 32.7. The van der Waals surface area contributed by atoms with Crippen LogP contribution in [0.15, 0.2) is 170 Å². The van der Waals surface area contributed by atoms with E-state index in [1.165, 1.54) is 61.4 Å². The van der Waals surface area contributed by atoms with Crippen LogP contribution in [0.1, 0.15) is 105 Å². The number of nitrogens with zero attached hydrogens (tertiary/aromatic N) is 4. The highest BCUT2D eigenvalue weighted by atomic mass is 16.5. The Hall–Kier alpha value is -7.11.